The number of rotatable bonds is 7. The highest BCUT2D eigenvalue weighted by Crippen LogP contribution is 2.08. The van der Waals surface area contributed by atoms with E-state index < -0.39 is 11.9 Å². The number of para-hydroxylation sites is 1. The molecule has 2 rings (SSSR count). The van der Waals surface area contributed by atoms with Crippen LogP contribution in [0.15, 0.2) is 54.6 Å². The number of aromatic carboxylic acids is 1. The van der Waals surface area contributed by atoms with Crippen molar-refractivity contribution in [2.45, 2.75) is 32.6 Å². The fraction of sp³-hybridized carbons (Fsp3) is 0.300. The Morgan fingerprint density at radius 1 is 0.920 bits per heavy atom. The summed E-state index contributed by atoms with van der Waals surface area (Å²) < 4.78 is 5.08. The lowest BCUT2D eigenvalue weighted by atomic mass is 10.1. The highest BCUT2D eigenvalue weighted by molar-refractivity contribution is 5.94. The van der Waals surface area contributed by atoms with Gasteiger partial charge in [0.25, 0.3) is 0 Å². The van der Waals surface area contributed by atoms with Crippen molar-refractivity contribution < 1.29 is 24.5 Å². The summed E-state index contributed by atoms with van der Waals surface area (Å²) in [7, 11) is 0. The van der Waals surface area contributed by atoms with Crippen LogP contribution < -0.4 is 0 Å². The van der Waals surface area contributed by atoms with Gasteiger partial charge in [-0.3, -0.25) is 0 Å². The second-order valence-electron chi connectivity index (χ2n) is 5.42. The van der Waals surface area contributed by atoms with Crippen molar-refractivity contribution in [1.29, 1.82) is 0 Å². The predicted octanol–water partition coefficient (Wildman–Crippen LogP) is 4.51. The van der Waals surface area contributed by atoms with Crippen molar-refractivity contribution in [3.8, 4) is 5.75 Å². The number of unbranched alkanes of at least 4 members (excludes halogenated alkanes) is 3. The molecule has 0 aliphatic heterocycles. The normalized spacial score (nSPS) is 9.64. The largest absolute Gasteiger partial charge is 0.508 e. The van der Waals surface area contributed by atoms with Crippen molar-refractivity contribution in [3.63, 3.8) is 0 Å². The summed E-state index contributed by atoms with van der Waals surface area (Å²) in [6.45, 7) is 2.50. The minimum Gasteiger partial charge on any atom is -0.508 e. The number of carbonyl (C=O) groups is 2. The van der Waals surface area contributed by atoms with E-state index in [4.69, 9.17) is 14.9 Å². The zero-order valence-electron chi connectivity index (χ0n) is 14.4. The molecule has 134 valence electrons. The van der Waals surface area contributed by atoms with Crippen LogP contribution in [0.25, 0.3) is 0 Å². The molecule has 0 atom stereocenters. The number of hydrogen-bond donors (Lipinski definition) is 2. The molecular weight excluding hydrogens is 320 g/mol. The average Bonchev–Trinajstić information content (AvgIpc) is 2.62. The lowest BCUT2D eigenvalue weighted by Crippen LogP contribution is -2.08. The van der Waals surface area contributed by atoms with Crippen LogP contribution in [0.2, 0.25) is 0 Å². The van der Waals surface area contributed by atoms with E-state index in [-0.39, 0.29) is 11.1 Å². The Morgan fingerprint density at radius 2 is 1.60 bits per heavy atom. The van der Waals surface area contributed by atoms with Gasteiger partial charge in [0.2, 0.25) is 0 Å². The minimum atomic E-state index is -1.05. The maximum atomic E-state index is 11.6. The third-order valence-corrected chi connectivity index (χ3v) is 3.33. The molecule has 0 aromatic heterocycles. The molecule has 0 unspecified atom stereocenters. The first-order chi connectivity index (χ1) is 12.0. The second-order valence-corrected chi connectivity index (χ2v) is 5.42. The number of ether oxygens (including phenoxy) is 1. The van der Waals surface area contributed by atoms with Gasteiger partial charge < -0.3 is 14.9 Å². The predicted molar refractivity (Wildman–Crippen MR) is 95.9 cm³/mol. The molecule has 0 radical (unpaired) electrons. The monoisotopic (exact) mass is 344 g/mol. The summed E-state index contributed by atoms with van der Waals surface area (Å²) in [6, 6.07) is 14.6. The van der Waals surface area contributed by atoms with E-state index >= 15 is 0 Å². The number of carbonyl (C=O) groups excluding carboxylic acids is 1. The molecule has 0 saturated heterocycles. The third-order valence-electron chi connectivity index (χ3n) is 3.33. The maximum Gasteiger partial charge on any atom is 0.338 e. The summed E-state index contributed by atoms with van der Waals surface area (Å²) in [5.41, 5.74) is 0.376. The number of aromatic hydroxyl groups is 1. The number of phenols is 1. The summed E-state index contributed by atoms with van der Waals surface area (Å²) in [5, 5.41) is 17.4. The molecule has 0 heterocycles. The van der Waals surface area contributed by atoms with Crippen LogP contribution in [0, 0.1) is 0 Å². The average molecular weight is 344 g/mol. The molecule has 25 heavy (non-hydrogen) atoms. The fourth-order valence-electron chi connectivity index (χ4n) is 1.98. The number of hydrogen-bond acceptors (Lipinski definition) is 4. The van der Waals surface area contributed by atoms with Crippen LogP contribution in [0.3, 0.4) is 0 Å². The topological polar surface area (TPSA) is 83.8 Å². The van der Waals surface area contributed by atoms with Gasteiger partial charge in [-0.05, 0) is 36.8 Å². The zero-order chi connectivity index (χ0) is 18.5. The lowest BCUT2D eigenvalue weighted by molar-refractivity contribution is 0.0498. The number of carboxylic acid groups (broad SMARTS) is 1. The SMILES string of the molecule is CCCCCCOC(=O)c1cccc(C(=O)O)c1.Oc1ccccc1. The standard InChI is InChI=1S/C14H18O4.C6H6O/c1-2-3-4-5-9-18-14(17)12-8-6-7-11(10-12)13(15)16;7-6-4-2-1-3-5-6/h6-8,10H,2-5,9H2,1H3,(H,15,16);1-5,7H. The van der Waals surface area contributed by atoms with E-state index in [0.29, 0.717) is 12.4 Å². The van der Waals surface area contributed by atoms with Crippen LogP contribution in [0.5, 0.6) is 5.75 Å². The Hall–Kier alpha value is -2.82. The highest BCUT2D eigenvalue weighted by atomic mass is 16.5. The van der Waals surface area contributed by atoms with Gasteiger partial charge >= 0.3 is 11.9 Å². The van der Waals surface area contributed by atoms with E-state index in [1.54, 1.807) is 30.3 Å². The molecule has 2 aromatic carbocycles. The van der Waals surface area contributed by atoms with Crippen LogP contribution in [0.1, 0.15) is 53.3 Å². The molecule has 0 aliphatic rings. The Bertz CT molecular complexity index is 652. The molecular formula is C20H24O5. The number of carboxylic acids is 1. The summed E-state index contributed by atoms with van der Waals surface area (Å²) in [5.74, 6) is -1.19. The van der Waals surface area contributed by atoms with Crippen LogP contribution in [0.4, 0.5) is 0 Å². The van der Waals surface area contributed by atoms with Crippen molar-refractivity contribution >= 4 is 11.9 Å². The van der Waals surface area contributed by atoms with Gasteiger partial charge in [-0.25, -0.2) is 9.59 Å². The summed E-state index contributed by atoms with van der Waals surface area (Å²) >= 11 is 0. The van der Waals surface area contributed by atoms with Gasteiger partial charge in [0.15, 0.2) is 0 Å². The van der Waals surface area contributed by atoms with E-state index in [0.717, 1.165) is 25.7 Å². The Labute approximate surface area is 147 Å². The number of phenolic OH excluding ortho intramolecular Hbond substituents is 1. The zero-order valence-corrected chi connectivity index (χ0v) is 14.4. The molecule has 2 N–H and O–H groups in total. The van der Waals surface area contributed by atoms with Crippen molar-refractivity contribution in [2.24, 2.45) is 0 Å². The third kappa shape index (κ3) is 8.55. The molecule has 0 spiro atoms. The first kappa shape index (κ1) is 20.2. The van der Waals surface area contributed by atoms with Gasteiger partial charge in [0.1, 0.15) is 5.75 Å². The van der Waals surface area contributed by atoms with Gasteiger partial charge in [-0.1, -0.05) is 50.5 Å². The number of benzene rings is 2. The fourth-order valence-corrected chi connectivity index (χ4v) is 1.98. The minimum absolute atomic E-state index is 0.0930. The Balaban J connectivity index is 0.000000370. The van der Waals surface area contributed by atoms with Crippen molar-refractivity contribution in [3.05, 3.63) is 65.7 Å². The summed E-state index contributed by atoms with van der Waals surface area (Å²) in [4.78, 5) is 22.4. The quantitative estimate of drug-likeness (QED) is 0.570. The molecule has 0 fully saturated rings. The second kappa shape index (κ2) is 11.7. The number of esters is 1. The van der Waals surface area contributed by atoms with Crippen molar-refractivity contribution in [2.75, 3.05) is 6.61 Å². The van der Waals surface area contributed by atoms with Crippen LogP contribution in [-0.4, -0.2) is 28.8 Å². The van der Waals surface area contributed by atoms with Crippen LogP contribution >= 0.6 is 0 Å². The molecule has 0 aliphatic carbocycles. The van der Waals surface area contributed by atoms with Gasteiger partial charge in [0.05, 0.1) is 17.7 Å². The molecule has 5 nitrogen and oxygen atoms in total. The lowest BCUT2D eigenvalue weighted by Gasteiger charge is -2.05. The maximum absolute atomic E-state index is 11.6. The molecule has 0 amide bonds. The van der Waals surface area contributed by atoms with Gasteiger partial charge in [-0.2, -0.15) is 0 Å². The van der Waals surface area contributed by atoms with Crippen LogP contribution in [-0.2, 0) is 4.74 Å². The first-order valence-corrected chi connectivity index (χ1v) is 8.29. The molecule has 2 aromatic rings. The summed E-state index contributed by atoms with van der Waals surface area (Å²) in [6.07, 6.45) is 4.15. The first-order valence-electron chi connectivity index (χ1n) is 8.29. The molecule has 0 saturated carbocycles. The smallest absolute Gasteiger partial charge is 0.338 e. The van der Waals surface area contributed by atoms with Gasteiger partial charge in [0, 0.05) is 0 Å². The molecule has 0 bridgehead atoms. The van der Waals surface area contributed by atoms with E-state index in [9.17, 15) is 9.59 Å². The highest BCUT2D eigenvalue weighted by Gasteiger charge is 2.10. The Kier molecular flexibility index (Phi) is 9.45. The van der Waals surface area contributed by atoms with Crippen molar-refractivity contribution in [1.82, 2.24) is 0 Å². The van der Waals surface area contributed by atoms with E-state index in [1.807, 2.05) is 6.07 Å². The Morgan fingerprint density at radius 3 is 2.16 bits per heavy atom. The van der Waals surface area contributed by atoms with E-state index in [1.165, 1.54) is 18.2 Å². The molecule has 5 heteroatoms. The van der Waals surface area contributed by atoms with Gasteiger partial charge in [-0.15, -0.1) is 0 Å². The van der Waals surface area contributed by atoms with E-state index in [2.05, 4.69) is 6.92 Å².